The van der Waals surface area contributed by atoms with E-state index in [2.05, 4.69) is 11.6 Å². The fraction of sp³-hybridized carbons (Fsp3) is 0.500. The van der Waals surface area contributed by atoms with Crippen molar-refractivity contribution in [1.82, 2.24) is 4.72 Å². The molecule has 19 heavy (non-hydrogen) atoms. The minimum atomic E-state index is -3.58. The Labute approximate surface area is 123 Å². The molecule has 2 rings (SSSR count). The van der Waals surface area contributed by atoms with Crippen LogP contribution in [0.15, 0.2) is 23.1 Å². The molecule has 7 heteroatoms. The van der Waals surface area contributed by atoms with Gasteiger partial charge in [0.2, 0.25) is 10.0 Å². The van der Waals surface area contributed by atoms with Gasteiger partial charge in [-0.2, -0.15) is 11.8 Å². The van der Waals surface area contributed by atoms with Crippen LogP contribution in [0.1, 0.15) is 19.8 Å². The molecule has 1 saturated heterocycles. The summed E-state index contributed by atoms with van der Waals surface area (Å²) in [4.78, 5) is 0.0787. The van der Waals surface area contributed by atoms with Gasteiger partial charge in [0.25, 0.3) is 0 Å². The maximum absolute atomic E-state index is 12.2. The maximum atomic E-state index is 12.2. The van der Waals surface area contributed by atoms with Gasteiger partial charge in [-0.3, -0.25) is 0 Å². The molecule has 1 aliphatic heterocycles. The van der Waals surface area contributed by atoms with Crippen molar-refractivity contribution in [1.29, 1.82) is 0 Å². The quantitative estimate of drug-likeness (QED) is 0.836. The van der Waals surface area contributed by atoms with Crippen LogP contribution >= 0.6 is 23.4 Å². The molecule has 1 atom stereocenters. The summed E-state index contributed by atoms with van der Waals surface area (Å²) in [6, 6.07) is 4.42. The highest BCUT2D eigenvalue weighted by Gasteiger charge is 2.31. The summed E-state index contributed by atoms with van der Waals surface area (Å²) in [6.45, 7) is 2.50. The second-order valence-corrected chi connectivity index (χ2v) is 8.74. The monoisotopic (exact) mass is 320 g/mol. The smallest absolute Gasteiger partial charge is 0.242 e. The predicted octanol–water partition coefficient (Wildman–Crippen LogP) is 2.49. The molecule has 0 amide bonds. The molecule has 0 saturated carbocycles. The molecule has 0 bridgehead atoms. The van der Waals surface area contributed by atoms with Gasteiger partial charge < -0.3 is 5.73 Å². The van der Waals surface area contributed by atoms with E-state index in [-0.39, 0.29) is 14.7 Å². The van der Waals surface area contributed by atoms with E-state index < -0.39 is 10.0 Å². The Morgan fingerprint density at radius 3 is 2.84 bits per heavy atom. The number of halogens is 1. The number of rotatable bonds is 4. The Kier molecular flexibility index (Phi) is 4.35. The summed E-state index contributed by atoms with van der Waals surface area (Å²) in [5.41, 5.74) is 6.01. The van der Waals surface area contributed by atoms with Crippen molar-refractivity contribution in [2.45, 2.75) is 29.4 Å². The second-order valence-electron chi connectivity index (χ2n) is 4.92. The van der Waals surface area contributed by atoms with Crippen LogP contribution in [-0.2, 0) is 10.0 Å². The van der Waals surface area contributed by atoms with Gasteiger partial charge >= 0.3 is 0 Å². The van der Waals surface area contributed by atoms with Crippen LogP contribution in [0.5, 0.6) is 0 Å². The zero-order valence-corrected chi connectivity index (χ0v) is 13.0. The Balaban J connectivity index is 2.14. The minimum absolute atomic E-state index is 0.0205. The lowest BCUT2D eigenvalue weighted by molar-refractivity contribution is 0.552. The van der Waals surface area contributed by atoms with Crippen LogP contribution in [-0.4, -0.2) is 25.5 Å². The maximum Gasteiger partial charge on any atom is 0.242 e. The van der Waals surface area contributed by atoms with Crippen LogP contribution in [0.25, 0.3) is 0 Å². The zero-order chi connectivity index (χ0) is 14.1. The fourth-order valence-corrected chi connectivity index (χ4v) is 5.09. The highest BCUT2D eigenvalue weighted by atomic mass is 35.5. The molecule has 1 fully saturated rings. The van der Waals surface area contributed by atoms with Crippen LogP contribution in [0, 0.1) is 0 Å². The van der Waals surface area contributed by atoms with Gasteiger partial charge in [-0.25, -0.2) is 13.1 Å². The lowest BCUT2D eigenvalue weighted by Crippen LogP contribution is -2.36. The number of benzene rings is 1. The third kappa shape index (κ3) is 3.56. The first-order chi connectivity index (χ1) is 8.82. The molecule has 1 unspecified atom stereocenters. The zero-order valence-electron chi connectivity index (χ0n) is 10.6. The van der Waals surface area contributed by atoms with Crippen LogP contribution in [0.2, 0.25) is 5.02 Å². The highest BCUT2D eigenvalue weighted by Crippen LogP contribution is 2.37. The molecule has 3 N–H and O–H groups in total. The van der Waals surface area contributed by atoms with Crippen LogP contribution < -0.4 is 10.5 Å². The van der Waals surface area contributed by atoms with Gasteiger partial charge in [0.1, 0.15) is 4.90 Å². The average molecular weight is 321 g/mol. The van der Waals surface area contributed by atoms with E-state index in [0.717, 1.165) is 18.6 Å². The number of sulfonamides is 1. The molecule has 1 aromatic rings. The largest absolute Gasteiger partial charge is 0.399 e. The Hall–Kier alpha value is -0.430. The van der Waals surface area contributed by atoms with E-state index in [4.69, 9.17) is 17.3 Å². The minimum Gasteiger partial charge on any atom is -0.399 e. The summed E-state index contributed by atoms with van der Waals surface area (Å²) in [5, 5.41) is 0.150. The van der Waals surface area contributed by atoms with Crippen molar-refractivity contribution in [2.75, 3.05) is 18.0 Å². The van der Waals surface area contributed by atoms with Crippen molar-refractivity contribution in [3.8, 4) is 0 Å². The van der Waals surface area contributed by atoms with Gasteiger partial charge in [-0.05, 0) is 43.7 Å². The SMILES string of the molecule is CC1(CNS(=O)(=O)c2ccc(N)cc2Cl)CCCS1. The van der Waals surface area contributed by atoms with Crippen molar-refractivity contribution < 1.29 is 8.42 Å². The first-order valence-corrected chi connectivity index (χ1v) is 8.86. The fourth-order valence-electron chi connectivity index (χ4n) is 2.04. The normalized spacial score (nSPS) is 23.7. The summed E-state index contributed by atoms with van der Waals surface area (Å²) in [5.74, 6) is 1.08. The van der Waals surface area contributed by atoms with Crippen LogP contribution in [0.3, 0.4) is 0 Å². The van der Waals surface area contributed by atoms with E-state index in [1.165, 1.54) is 18.2 Å². The number of anilines is 1. The topological polar surface area (TPSA) is 72.2 Å². The molecule has 0 aromatic heterocycles. The van der Waals surface area contributed by atoms with Crippen molar-refractivity contribution in [3.05, 3.63) is 23.2 Å². The number of thioether (sulfide) groups is 1. The number of nitrogens with two attached hydrogens (primary N) is 1. The molecular weight excluding hydrogens is 304 g/mol. The molecule has 0 radical (unpaired) electrons. The van der Waals surface area contributed by atoms with Crippen LogP contribution in [0.4, 0.5) is 5.69 Å². The van der Waals surface area contributed by atoms with E-state index >= 15 is 0 Å². The third-order valence-electron chi connectivity index (χ3n) is 3.18. The summed E-state index contributed by atoms with van der Waals surface area (Å²) in [7, 11) is -3.58. The first-order valence-electron chi connectivity index (χ1n) is 6.01. The molecule has 0 spiro atoms. The van der Waals surface area contributed by atoms with Gasteiger partial charge in [-0.1, -0.05) is 11.6 Å². The molecule has 4 nitrogen and oxygen atoms in total. The molecule has 0 aliphatic carbocycles. The van der Waals surface area contributed by atoms with E-state index in [0.29, 0.717) is 12.2 Å². The lowest BCUT2D eigenvalue weighted by Gasteiger charge is -2.23. The molecule has 1 aromatic carbocycles. The Morgan fingerprint density at radius 2 is 2.26 bits per heavy atom. The summed E-state index contributed by atoms with van der Waals surface area (Å²) < 4.78 is 27.1. The average Bonchev–Trinajstić information content (AvgIpc) is 2.74. The van der Waals surface area contributed by atoms with E-state index in [9.17, 15) is 8.42 Å². The van der Waals surface area contributed by atoms with E-state index in [1.807, 2.05) is 11.8 Å². The molecule has 1 aliphatic rings. The predicted molar refractivity (Wildman–Crippen MR) is 81.1 cm³/mol. The number of nitrogens with one attached hydrogen (secondary N) is 1. The number of hydrogen-bond acceptors (Lipinski definition) is 4. The van der Waals surface area contributed by atoms with Crippen molar-refractivity contribution in [3.63, 3.8) is 0 Å². The highest BCUT2D eigenvalue weighted by molar-refractivity contribution is 8.01. The van der Waals surface area contributed by atoms with Crippen molar-refractivity contribution in [2.24, 2.45) is 0 Å². The van der Waals surface area contributed by atoms with E-state index in [1.54, 1.807) is 0 Å². The summed E-state index contributed by atoms with van der Waals surface area (Å²) in [6.07, 6.45) is 2.15. The van der Waals surface area contributed by atoms with Crippen molar-refractivity contribution >= 4 is 39.1 Å². The van der Waals surface area contributed by atoms with Gasteiger partial charge in [-0.15, -0.1) is 0 Å². The van der Waals surface area contributed by atoms with Gasteiger partial charge in [0.05, 0.1) is 5.02 Å². The number of hydrogen-bond donors (Lipinski definition) is 2. The summed E-state index contributed by atoms with van der Waals surface area (Å²) >= 11 is 7.75. The standard InChI is InChI=1S/C12H17ClN2O2S2/c1-12(5-2-6-18-12)8-15-19(16,17)11-4-3-9(14)7-10(11)13/h3-4,7,15H,2,5-6,8,14H2,1H3. The second kappa shape index (κ2) is 5.52. The molecular formula is C12H17ClN2O2S2. The number of nitrogen functional groups attached to an aromatic ring is 1. The van der Waals surface area contributed by atoms with Gasteiger partial charge in [0, 0.05) is 17.0 Å². The lowest BCUT2D eigenvalue weighted by atomic mass is 10.1. The first kappa shape index (κ1) is 15.0. The van der Waals surface area contributed by atoms with Gasteiger partial charge in [0.15, 0.2) is 0 Å². The molecule has 1 heterocycles. The Bertz CT molecular complexity index is 569. The molecule has 106 valence electrons. The third-order valence-corrected chi connectivity index (χ3v) is 6.60. The Morgan fingerprint density at radius 1 is 1.53 bits per heavy atom.